The second kappa shape index (κ2) is 2.75. The van der Waals surface area contributed by atoms with Gasteiger partial charge in [0.1, 0.15) is 18.0 Å². The van der Waals surface area contributed by atoms with Crippen molar-refractivity contribution in [3.05, 3.63) is 29.6 Å². The first-order valence-corrected chi connectivity index (χ1v) is 3.83. The molecule has 0 aliphatic heterocycles. The van der Waals surface area contributed by atoms with E-state index in [9.17, 15) is 0 Å². The van der Waals surface area contributed by atoms with E-state index in [0.29, 0.717) is 22.6 Å². The summed E-state index contributed by atoms with van der Waals surface area (Å²) in [6.07, 6.45) is 3.01. The number of nitrogens with two attached hydrogens (primary N) is 1. The lowest BCUT2D eigenvalue weighted by atomic mass is 10.2. The molecule has 66 valence electrons. The molecule has 2 aromatic rings. The Morgan fingerprint density at radius 3 is 2.79 bits per heavy atom. The second-order valence-electron chi connectivity index (χ2n) is 2.74. The molecule has 0 saturated carbocycles. The van der Waals surface area contributed by atoms with Crippen molar-refractivity contribution in [1.82, 2.24) is 9.38 Å². The smallest absolute Gasteiger partial charge is 0.156 e. The number of rotatable bonds is 0. The third kappa shape index (κ3) is 0.970. The van der Waals surface area contributed by atoms with Gasteiger partial charge in [-0.1, -0.05) is 0 Å². The summed E-state index contributed by atoms with van der Waals surface area (Å²) in [5.74, 6) is 0.411. The molecule has 5 nitrogen and oxygen atoms in total. The van der Waals surface area contributed by atoms with Gasteiger partial charge in [0.2, 0.25) is 0 Å². The first-order chi connectivity index (χ1) is 6.76. The average molecular weight is 183 g/mol. The van der Waals surface area contributed by atoms with Crippen LogP contribution in [0.25, 0.3) is 5.65 Å². The number of fused-ring (bicyclic) bond motifs is 1. The van der Waals surface area contributed by atoms with Gasteiger partial charge in [0.05, 0.1) is 17.3 Å². The van der Waals surface area contributed by atoms with Gasteiger partial charge < -0.3 is 5.73 Å². The van der Waals surface area contributed by atoms with Crippen molar-refractivity contribution in [1.29, 1.82) is 10.5 Å². The summed E-state index contributed by atoms with van der Waals surface area (Å²) < 4.78 is 1.52. The van der Waals surface area contributed by atoms with Gasteiger partial charge in [-0.3, -0.25) is 4.40 Å². The highest BCUT2D eigenvalue weighted by Gasteiger charge is 2.07. The lowest BCUT2D eigenvalue weighted by Gasteiger charge is -1.98. The molecular formula is C9H5N5. The average Bonchev–Trinajstić information content (AvgIpc) is 2.59. The molecule has 0 aliphatic rings. The van der Waals surface area contributed by atoms with Crippen LogP contribution in [0.3, 0.4) is 0 Å². The Bertz CT molecular complexity index is 581. The largest absolute Gasteiger partial charge is 0.383 e. The zero-order chi connectivity index (χ0) is 10.1. The molecule has 0 unspecified atom stereocenters. The zero-order valence-electron chi connectivity index (χ0n) is 7.10. The fourth-order valence-corrected chi connectivity index (χ4v) is 1.25. The fourth-order valence-electron chi connectivity index (χ4n) is 1.25. The van der Waals surface area contributed by atoms with E-state index in [1.807, 2.05) is 12.1 Å². The normalized spacial score (nSPS) is 9.57. The minimum absolute atomic E-state index is 0.348. The Morgan fingerprint density at radius 1 is 1.36 bits per heavy atom. The molecule has 2 aromatic heterocycles. The molecule has 0 spiro atoms. The molecule has 0 aliphatic carbocycles. The minimum Gasteiger partial charge on any atom is -0.383 e. The highest BCUT2D eigenvalue weighted by Crippen LogP contribution is 2.14. The predicted molar refractivity (Wildman–Crippen MR) is 49.0 cm³/mol. The molecule has 0 bridgehead atoms. The van der Waals surface area contributed by atoms with Crippen LogP contribution in [0.5, 0.6) is 0 Å². The number of hydrogen-bond donors (Lipinski definition) is 1. The number of nitriles is 2. The first-order valence-electron chi connectivity index (χ1n) is 3.83. The van der Waals surface area contributed by atoms with Crippen molar-refractivity contribution in [3.63, 3.8) is 0 Å². The van der Waals surface area contributed by atoms with Gasteiger partial charge in [0, 0.05) is 6.20 Å². The van der Waals surface area contributed by atoms with Crippen molar-refractivity contribution in [3.8, 4) is 12.1 Å². The van der Waals surface area contributed by atoms with Crippen LogP contribution in [0.4, 0.5) is 5.82 Å². The summed E-state index contributed by atoms with van der Waals surface area (Å²) in [6, 6.07) is 5.41. The maximum Gasteiger partial charge on any atom is 0.156 e. The van der Waals surface area contributed by atoms with Gasteiger partial charge >= 0.3 is 0 Å². The zero-order valence-corrected chi connectivity index (χ0v) is 7.10. The molecule has 5 heteroatoms. The summed E-state index contributed by atoms with van der Waals surface area (Å²) in [4.78, 5) is 3.97. The van der Waals surface area contributed by atoms with Crippen LogP contribution in [-0.2, 0) is 0 Å². The number of pyridine rings is 1. The van der Waals surface area contributed by atoms with Crippen molar-refractivity contribution in [2.75, 3.05) is 5.73 Å². The summed E-state index contributed by atoms with van der Waals surface area (Å²) in [6.45, 7) is 0. The summed E-state index contributed by atoms with van der Waals surface area (Å²) >= 11 is 0. The van der Waals surface area contributed by atoms with Crippen LogP contribution in [-0.4, -0.2) is 9.38 Å². The highest BCUT2D eigenvalue weighted by molar-refractivity contribution is 5.61. The Labute approximate surface area is 79.6 Å². The van der Waals surface area contributed by atoms with E-state index in [2.05, 4.69) is 4.98 Å². The topological polar surface area (TPSA) is 90.9 Å². The van der Waals surface area contributed by atoms with Crippen molar-refractivity contribution in [2.24, 2.45) is 0 Å². The third-order valence-corrected chi connectivity index (χ3v) is 1.88. The van der Waals surface area contributed by atoms with Crippen LogP contribution in [0.1, 0.15) is 11.1 Å². The number of anilines is 1. The summed E-state index contributed by atoms with van der Waals surface area (Å²) in [5, 5.41) is 17.5. The van der Waals surface area contributed by atoms with E-state index >= 15 is 0 Å². The molecule has 2 heterocycles. The molecule has 0 aromatic carbocycles. The number of nitrogen functional groups attached to an aromatic ring is 1. The number of imidazole rings is 1. The third-order valence-electron chi connectivity index (χ3n) is 1.88. The molecule has 0 atom stereocenters. The van der Waals surface area contributed by atoms with Gasteiger partial charge in [-0.15, -0.1) is 0 Å². The van der Waals surface area contributed by atoms with E-state index in [4.69, 9.17) is 16.3 Å². The van der Waals surface area contributed by atoms with Crippen molar-refractivity contribution in [2.45, 2.75) is 0 Å². The van der Waals surface area contributed by atoms with Gasteiger partial charge in [-0.05, 0) is 6.07 Å². The van der Waals surface area contributed by atoms with Gasteiger partial charge in [-0.25, -0.2) is 4.98 Å². The number of aromatic nitrogens is 2. The molecule has 0 fully saturated rings. The molecule has 0 saturated heterocycles. The Kier molecular flexibility index (Phi) is 1.59. The maximum absolute atomic E-state index is 8.81. The van der Waals surface area contributed by atoms with E-state index in [1.165, 1.54) is 16.7 Å². The van der Waals surface area contributed by atoms with E-state index in [0.717, 1.165) is 0 Å². The lowest BCUT2D eigenvalue weighted by Crippen LogP contribution is -1.95. The van der Waals surface area contributed by atoms with Crippen LogP contribution >= 0.6 is 0 Å². The van der Waals surface area contributed by atoms with Crippen molar-refractivity contribution < 1.29 is 0 Å². The molecular weight excluding hydrogens is 178 g/mol. The molecule has 14 heavy (non-hydrogen) atoms. The lowest BCUT2D eigenvalue weighted by molar-refractivity contribution is 1.17. The van der Waals surface area contributed by atoms with Gasteiger partial charge in [0.25, 0.3) is 0 Å². The Morgan fingerprint density at radius 2 is 2.14 bits per heavy atom. The predicted octanol–water partition coefficient (Wildman–Crippen LogP) is 0.660. The van der Waals surface area contributed by atoms with Crippen LogP contribution in [0, 0.1) is 22.7 Å². The van der Waals surface area contributed by atoms with Crippen LogP contribution < -0.4 is 5.73 Å². The number of nitrogens with zero attached hydrogens (tertiary/aromatic N) is 4. The van der Waals surface area contributed by atoms with Crippen LogP contribution in [0.2, 0.25) is 0 Å². The number of hydrogen-bond acceptors (Lipinski definition) is 4. The molecule has 2 rings (SSSR count). The Hall–Kier alpha value is -2.53. The summed E-state index contributed by atoms with van der Waals surface area (Å²) in [7, 11) is 0. The molecule has 0 amide bonds. The Balaban J connectivity index is 2.93. The minimum atomic E-state index is 0.348. The van der Waals surface area contributed by atoms with Crippen molar-refractivity contribution >= 4 is 11.5 Å². The second-order valence-corrected chi connectivity index (χ2v) is 2.74. The van der Waals surface area contributed by atoms with E-state index in [1.54, 1.807) is 6.20 Å². The van der Waals surface area contributed by atoms with Crippen LogP contribution in [0.15, 0.2) is 18.5 Å². The fraction of sp³-hybridized carbons (Fsp3) is 0. The van der Waals surface area contributed by atoms with E-state index < -0.39 is 0 Å². The first kappa shape index (κ1) is 8.09. The quantitative estimate of drug-likeness (QED) is 0.649. The standard InChI is InChI=1S/C9H5N5/c10-2-6-1-7(3-11)9-13-4-8(12)14(9)5-6/h1,4-5H,12H2. The monoisotopic (exact) mass is 183 g/mol. The molecule has 0 radical (unpaired) electrons. The van der Waals surface area contributed by atoms with Gasteiger partial charge in [0.15, 0.2) is 5.65 Å². The van der Waals surface area contributed by atoms with E-state index in [-0.39, 0.29) is 0 Å². The highest BCUT2D eigenvalue weighted by atomic mass is 15.1. The molecule has 2 N–H and O–H groups in total. The SMILES string of the molecule is N#Cc1cc(C#N)c2ncc(N)n2c1. The van der Waals surface area contributed by atoms with Gasteiger partial charge in [-0.2, -0.15) is 10.5 Å². The maximum atomic E-state index is 8.81. The summed E-state index contributed by atoms with van der Waals surface area (Å²) in [5.41, 5.74) is 6.82.